The van der Waals surface area contributed by atoms with Gasteiger partial charge in [-0.15, -0.1) is 0 Å². The highest BCUT2D eigenvalue weighted by Gasteiger charge is 2.10. The number of halogens is 1. The Bertz CT molecular complexity index is 1540. The molecule has 0 spiro atoms. The van der Waals surface area contributed by atoms with Gasteiger partial charge in [-0.2, -0.15) is 0 Å². The molecule has 5 nitrogen and oxygen atoms in total. The molecule has 0 unspecified atom stereocenters. The topological polar surface area (TPSA) is 61.8 Å². The van der Waals surface area contributed by atoms with Crippen LogP contribution in [0, 0.1) is 0 Å². The van der Waals surface area contributed by atoms with Gasteiger partial charge in [0.25, 0.3) is 0 Å². The summed E-state index contributed by atoms with van der Waals surface area (Å²) in [6.07, 6.45) is 35.4. The number of carbonyl (C=O) groups excluding carboxylic acids is 2. The van der Waals surface area contributed by atoms with Gasteiger partial charge in [-0.25, -0.2) is 4.79 Å². The van der Waals surface area contributed by atoms with Crippen molar-refractivity contribution in [2.24, 2.45) is 0 Å². The summed E-state index contributed by atoms with van der Waals surface area (Å²) in [4.78, 5) is 25.5. The standard InChI is InChI=1S/C50H69BrO5/c1-3-5-7-9-11-13-15-16-18-20-22-24-40-55-46-34-27-43(28-35-46)30-38-50(53)56-49-37-31-44(41-47(49)51)48(52)36-29-42-25-32-45(33-26-42)54-39-23-21-19-17-14-12-10-8-6-4-2/h25-38,41H,3-24,39-40H2,1-2H3/b36-29+,38-30+. The van der Waals surface area contributed by atoms with Crippen LogP contribution in [0.1, 0.15) is 177 Å². The molecule has 0 heterocycles. The summed E-state index contributed by atoms with van der Waals surface area (Å²) in [6.45, 7) is 5.98. The van der Waals surface area contributed by atoms with Gasteiger partial charge in [0.05, 0.1) is 17.7 Å². The van der Waals surface area contributed by atoms with Crippen molar-refractivity contribution in [3.05, 3.63) is 100 Å². The molecular formula is C50H69BrO5. The van der Waals surface area contributed by atoms with Crippen molar-refractivity contribution in [1.29, 1.82) is 0 Å². The van der Waals surface area contributed by atoms with Crippen LogP contribution in [0.25, 0.3) is 12.2 Å². The fraction of sp³-hybridized carbons (Fsp3) is 0.520. The Morgan fingerprint density at radius 2 is 0.893 bits per heavy atom. The van der Waals surface area contributed by atoms with E-state index in [1.807, 2.05) is 48.5 Å². The second kappa shape index (κ2) is 30.5. The first-order valence-electron chi connectivity index (χ1n) is 21.9. The number of rotatable bonds is 32. The van der Waals surface area contributed by atoms with Crippen LogP contribution >= 0.6 is 15.9 Å². The monoisotopic (exact) mass is 828 g/mol. The number of hydrogen-bond acceptors (Lipinski definition) is 5. The fourth-order valence-electron chi connectivity index (χ4n) is 6.57. The molecule has 56 heavy (non-hydrogen) atoms. The maximum Gasteiger partial charge on any atom is 0.336 e. The number of unbranched alkanes of at least 4 members (excludes halogenated alkanes) is 20. The van der Waals surface area contributed by atoms with Gasteiger partial charge in [0.15, 0.2) is 5.78 Å². The zero-order chi connectivity index (χ0) is 39.9. The molecule has 3 aromatic rings. The predicted molar refractivity (Wildman–Crippen MR) is 239 cm³/mol. The van der Waals surface area contributed by atoms with E-state index >= 15 is 0 Å². The van der Waals surface area contributed by atoms with Gasteiger partial charge in [-0.1, -0.05) is 173 Å². The number of ether oxygens (including phenoxy) is 3. The van der Waals surface area contributed by atoms with Crippen molar-refractivity contribution in [2.45, 2.75) is 155 Å². The molecule has 3 aromatic carbocycles. The average molecular weight is 830 g/mol. The first kappa shape index (κ1) is 46.7. The fourth-order valence-corrected chi connectivity index (χ4v) is 7.03. The number of allylic oxidation sites excluding steroid dienone is 1. The Kier molecular flexibility index (Phi) is 25.4. The molecule has 0 N–H and O–H groups in total. The number of hydrogen-bond donors (Lipinski definition) is 0. The van der Waals surface area contributed by atoms with Gasteiger partial charge in [-0.3, -0.25) is 4.79 Å². The Morgan fingerprint density at radius 1 is 0.500 bits per heavy atom. The first-order chi connectivity index (χ1) is 27.5. The normalized spacial score (nSPS) is 11.4. The van der Waals surface area contributed by atoms with E-state index in [1.165, 1.54) is 134 Å². The minimum Gasteiger partial charge on any atom is -0.494 e. The molecule has 0 bridgehead atoms. The Balaban J connectivity index is 1.28. The van der Waals surface area contributed by atoms with Crippen molar-refractivity contribution in [3.63, 3.8) is 0 Å². The summed E-state index contributed by atoms with van der Waals surface area (Å²) in [5, 5.41) is 0. The van der Waals surface area contributed by atoms with Crippen molar-refractivity contribution in [2.75, 3.05) is 13.2 Å². The molecule has 0 atom stereocenters. The summed E-state index contributed by atoms with van der Waals surface area (Å²) >= 11 is 3.45. The lowest BCUT2D eigenvalue weighted by atomic mass is 10.1. The maximum absolute atomic E-state index is 12.9. The van der Waals surface area contributed by atoms with Crippen LogP contribution in [-0.4, -0.2) is 25.0 Å². The molecule has 0 aliphatic carbocycles. The van der Waals surface area contributed by atoms with Gasteiger partial charge >= 0.3 is 5.97 Å². The third-order valence-corrected chi connectivity index (χ3v) is 10.7. The van der Waals surface area contributed by atoms with Crippen LogP contribution in [0.5, 0.6) is 17.2 Å². The molecule has 0 saturated carbocycles. The van der Waals surface area contributed by atoms with Crippen LogP contribution in [0.15, 0.2) is 83.4 Å². The van der Waals surface area contributed by atoms with Crippen LogP contribution in [0.2, 0.25) is 0 Å². The molecule has 0 amide bonds. The third-order valence-electron chi connectivity index (χ3n) is 10.1. The third kappa shape index (κ3) is 21.6. The minimum atomic E-state index is -0.507. The molecule has 0 aliphatic rings. The van der Waals surface area contributed by atoms with Crippen LogP contribution in [0.3, 0.4) is 0 Å². The Hall–Kier alpha value is -3.64. The number of esters is 1. The van der Waals surface area contributed by atoms with Crippen LogP contribution in [-0.2, 0) is 4.79 Å². The van der Waals surface area contributed by atoms with Crippen LogP contribution < -0.4 is 14.2 Å². The quantitative estimate of drug-likeness (QED) is 0.0206. The summed E-state index contributed by atoms with van der Waals surface area (Å²) in [7, 11) is 0. The first-order valence-corrected chi connectivity index (χ1v) is 22.7. The number of ketones is 1. The van der Waals surface area contributed by atoms with E-state index in [0.717, 1.165) is 48.7 Å². The second-order valence-electron chi connectivity index (χ2n) is 15.0. The molecule has 306 valence electrons. The van der Waals surface area contributed by atoms with Crippen molar-refractivity contribution in [1.82, 2.24) is 0 Å². The molecule has 0 saturated heterocycles. The molecule has 0 aliphatic heterocycles. The number of carbonyl (C=O) groups is 2. The summed E-state index contributed by atoms with van der Waals surface area (Å²) in [6, 6.07) is 20.4. The van der Waals surface area contributed by atoms with Gasteiger partial charge in [0.2, 0.25) is 0 Å². The lowest BCUT2D eigenvalue weighted by Gasteiger charge is -2.07. The maximum atomic E-state index is 12.9. The average Bonchev–Trinajstić information content (AvgIpc) is 3.21. The lowest BCUT2D eigenvalue weighted by Crippen LogP contribution is -2.05. The van der Waals surface area contributed by atoms with E-state index in [-0.39, 0.29) is 5.78 Å². The molecule has 6 heteroatoms. The molecule has 0 radical (unpaired) electrons. The number of benzene rings is 3. The van der Waals surface area contributed by atoms with E-state index in [1.54, 1.807) is 36.4 Å². The summed E-state index contributed by atoms with van der Waals surface area (Å²) in [5.74, 6) is 1.37. The van der Waals surface area contributed by atoms with Gasteiger partial charge in [0, 0.05) is 11.6 Å². The molecular weight excluding hydrogens is 760 g/mol. The van der Waals surface area contributed by atoms with Crippen molar-refractivity contribution >= 4 is 39.8 Å². The highest BCUT2D eigenvalue weighted by Crippen LogP contribution is 2.27. The highest BCUT2D eigenvalue weighted by molar-refractivity contribution is 9.10. The lowest BCUT2D eigenvalue weighted by molar-refractivity contribution is -0.128. The van der Waals surface area contributed by atoms with Gasteiger partial charge in [-0.05, 0) is 94.5 Å². The Labute approximate surface area is 347 Å². The van der Waals surface area contributed by atoms with Crippen molar-refractivity contribution in [3.8, 4) is 17.2 Å². The molecule has 3 rings (SSSR count). The van der Waals surface area contributed by atoms with Crippen LogP contribution in [0.4, 0.5) is 0 Å². The van der Waals surface area contributed by atoms with E-state index in [2.05, 4.69) is 29.8 Å². The Morgan fingerprint density at radius 3 is 1.30 bits per heavy atom. The summed E-state index contributed by atoms with van der Waals surface area (Å²) in [5.41, 5.74) is 2.28. The van der Waals surface area contributed by atoms with E-state index in [4.69, 9.17) is 14.2 Å². The van der Waals surface area contributed by atoms with Crippen molar-refractivity contribution < 1.29 is 23.8 Å². The van der Waals surface area contributed by atoms with E-state index < -0.39 is 5.97 Å². The van der Waals surface area contributed by atoms with Gasteiger partial charge < -0.3 is 14.2 Å². The minimum absolute atomic E-state index is 0.147. The largest absolute Gasteiger partial charge is 0.494 e. The molecule has 0 aromatic heterocycles. The molecule has 0 fully saturated rings. The smallest absolute Gasteiger partial charge is 0.336 e. The van der Waals surface area contributed by atoms with E-state index in [0.29, 0.717) is 15.8 Å². The highest BCUT2D eigenvalue weighted by atomic mass is 79.9. The van der Waals surface area contributed by atoms with Gasteiger partial charge in [0.1, 0.15) is 17.2 Å². The summed E-state index contributed by atoms with van der Waals surface area (Å²) < 4.78 is 17.9. The predicted octanol–water partition coefficient (Wildman–Crippen LogP) is 15.3. The SMILES string of the molecule is CCCCCCCCCCCCCCOc1ccc(/C=C/C(=O)Oc2ccc(C(=O)/C=C/c3ccc(OCCCCCCCCCCCC)cc3)cc2Br)cc1. The van der Waals surface area contributed by atoms with E-state index in [9.17, 15) is 9.59 Å². The zero-order valence-electron chi connectivity index (χ0n) is 34.6. The zero-order valence-corrected chi connectivity index (χ0v) is 36.1. The second-order valence-corrected chi connectivity index (χ2v) is 15.9.